The van der Waals surface area contributed by atoms with Gasteiger partial charge in [-0.05, 0) is 31.2 Å². The number of carbonyl (C=O) groups is 1. The molecule has 5 rings (SSSR count). The zero-order chi connectivity index (χ0) is 18.5. The largest absolute Gasteiger partial charge is 0.465 e. The molecule has 0 unspecified atom stereocenters. The summed E-state index contributed by atoms with van der Waals surface area (Å²) < 4.78 is 4.87. The summed E-state index contributed by atoms with van der Waals surface area (Å²) in [6.07, 6.45) is 2.56. The number of H-pyrrole nitrogens is 1. The van der Waals surface area contributed by atoms with Crippen molar-refractivity contribution in [3.05, 3.63) is 52.3 Å². The third-order valence-electron chi connectivity index (χ3n) is 5.13. The van der Waals surface area contributed by atoms with E-state index in [1.165, 1.54) is 23.2 Å². The quantitative estimate of drug-likeness (QED) is 0.537. The maximum atomic E-state index is 11.9. The number of nitrogens with zero attached hydrogens (tertiary/aromatic N) is 3. The van der Waals surface area contributed by atoms with Crippen LogP contribution in [0, 0.1) is 6.92 Å². The molecule has 0 spiro atoms. The first-order chi connectivity index (χ1) is 13.1. The molecule has 7 heteroatoms. The molecule has 0 fully saturated rings. The number of fused-ring (bicyclic) bond motifs is 4. The summed E-state index contributed by atoms with van der Waals surface area (Å²) in [5.74, 6) is 0.666. The van der Waals surface area contributed by atoms with Crippen molar-refractivity contribution in [1.29, 1.82) is 0 Å². The Bertz CT molecular complexity index is 1190. The second-order valence-electron chi connectivity index (χ2n) is 6.78. The lowest BCUT2D eigenvalue weighted by Crippen LogP contribution is -2.30. The third-order valence-corrected chi connectivity index (χ3v) is 6.09. The SMILES string of the molecule is COC(=O)c1ccc2[nH]c3c(c2c1)CN(c1ncnc2sc(C)cc12)CC3. The summed E-state index contributed by atoms with van der Waals surface area (Å²) in [5.41, 5.74) is 4.08. The fourth-order valence-electron chi connectivity index (χ4n) is 3.86. The van der Waals surface area contributed by atoms with Crippen molar-refractivity contribution < 1.29 is 9.53 Å². The zero-order valence-electron chi connectivity index (χ0n) is 15.1. The Kier molecular flexibility index (Phi) is 3.65. The molecular weight excluding hydrogens is 360 g/mol. The monoisotopic (exact) mass is 378 g/mol. The highest BCUT2D eigenvalue weighted by Gasteiger charge is 2.24. The van der Waals surface area contributed by atoms with Gasteiger partial charge in [0.2, 0.25) is 0 Å². The topological polar surface area (TPSA) is 71.1 Å². The summed E-state index contributed by atoms with van der Waals surface area (Å²) in [5, 5.41) is 2.18. The highest BCUT2D eigenvalue weighted by molar-refractivity contribution is 7.18. The highest BCUT2D eigenvalue weighted by atomic mass is 32.1. The average molecular weight is 378 g/mol. The molecule has 27 heavy (non-hydrogen) atoms. The van der Waals surface area contributed by atoms with Crippen LogP contribution in [0.25, 0.3) is 21.1 Å². The standard InChI is InChI=1S/C20H18N4O2S/c1-11-7-14-18(21-10-22-19(14)27-11)24-6-5-17-15(9-24)13-8-12(20(25)26-2)3-4-16(13)23-17/h3-4,7-8,10,23H,5-6,9H2,1-2H3. The smallest absolute Gasteiger partial charge is 0.337 e. The molecule has 0 saturated carbocycles. The number of carbonyl (C=O) groups excluding carboxylic acids is 1. The van der Waals surface area contributed by atoms with E-state index in [4.69, 9.17) is 4.74 Å². The van der Waals surface area contributed by atoms with Crippen LogP contribution in [0.2, 0.25) is 0 Å². The summed E-state index contributed by atoms with van der Waals surface area (Å²) in [6, 6.07) is 7.84. The number of nitrogens with one attached hydrogen (secondary N) is 1. The van der Waals surface area contributed by atoms with Crippen LogP contribution in [-0.2, 0) is 17.7 Å². The Morgan fingerprint density at radius 2 is 2.15 bits per heavy atom. The fourth-order valence-corrected chi connectivity index (χ4v) is 4.70. The molecule has 1 N–H and O–H groups in total. The van der Waals surface area contributed by atoms with E-state index in [1.54, 1.807) is 23.7 Å². The number of aryl methyl sites for hydroxylation is 1. The van der Waals surface area contributed by atoms with Crippen molar-refractivity contribution in [1.82, 2.24) is 15.0 Å². The van der Waals surface area contributed by atoms with Gasteiger partial charge in [-0.3, -0.25) is 0 Å². The molecule has 6 nitrogen and oxygen atoms in total. The van der Waals surface area contributed by atoms with E-state index in [1.807, 2.05) is 12.1 Å². The number of hydrogen-bond donors (Lipinski definition) is 1. The number of thiophene rings is 1. The second kappa shape index (κ2) is 6.06. The molecule has 1 aliphatic rings. The van der Waals surface area contributed by atoms with Crippen molar-refractivity contribution in [3.63, 3.8) is 0 Å². The first-order valence-corrected chi connectivity index (χ1v) is 9.63. The van der Waals surface area contributed by atoms with E-state index in [2.05, 4.69) is 32.8 Å². The number of aromatic amines is 1. The number of esters is 1. The Balaban J connectivity index is 1.59. The van der Waals surface area contributed by atoms with Crippen LogP contribution in [-0.4, -0.2) is 34.6 Å². The Morgan fingerprint density at radius 1 is 1.26 bits per heavy atom. The number of rotatable bonds is 2. The van der Waals surface area contributed by atoms with E-state index in [9.17, 15) is 4.79 Å². The Labute approximate surface area is 159 Å². The molecule has 0 aliphatic carbocycles. The first-order valence-electron chi connectivity index (χ1n) is 8.82. The Morgan fingerprint density at radius 3 is 3.00 bits per heavy atom. The second-order valence-corrected chi connectivity index (χ2v) is 8.01. The zero-order valence-corrected chi connectivity index (χ0v) is 15.9. The van der Waals surface area contributed by atoms with Crippen molar-refractivity contribution in [2.45, 2.75) is 19.9 Å². The molecule has 0 amide bonds. The molecule has 1 aromatic carbocycles. The predicted molar refractivity (Wildman–Crippen MR) is 107 cm³/mol. The number of ether oxygens (including phenoxy) is 1. The van der Waals surface area contributed by atoms with Gasteiger partial charge in [0.05, 0.1) is 18.1 Å². The van der Waals surface area contributed by atoms with Crippen LogP contribution in [0.15, 0.2) is 30.6 Å². The number of anilines is 1. The van der Waals surface area contributed by atoms with E-state index < -0.39 is 0 Å². The lowest BCUT2D eigenvalue weighted by Gasteiger charge is -2.28. The molecular formula is C20H18N4O2S. The fraction of sp³-hybridized carbons (Fsp3) is 0.250. The molecule has 0 bridgehead atoms. The van der Waals surface area contributed by atoms with E-state index in [0.29, 0.717) is 5.56 Å². The van der Waals surface area contributed by atoms with Gasteiger partial charge >= 0.3 is 5.97 Å². The molecule has 136 valence electrons. The van der Waals surface area contributed by atoms with Crippen molar-refractivity contribution in [2.24, 2.45) is 0 Å². The number of hydrogen-bond acceptors (Lipinski definition) is 6. The number of methoxy groups -OCH3 is 1. The number of aromatic nitrogens is 3. The van der Waals surface area contributed by atoms with Crippen LogP contribution in [0.5, 0.6) is 0 Å². The van der Waals surface area contributed by atoms with Gasteiger partial charge < -0.3 is 14.6 Å². The van der Waals surface area contributed by atoms with Gasteiger partial charge in [0.1, 0.15) is 17.0 Å². The van der Waals surface area contributed by atoms with Gasteiger partial charge in [-0.15, -0.1) is 11.3 Å². The van der Waals surface area contributed by atoms with Crippen LogP contribution in [0.4, 0.5) is 5.82 Å². The first kappa shape index (κ1) is 16.3. The molecule has 4 aromatic rings. The van der Waals surface area contributed by atoms with Gasteiger partial charge in [-0.2, -0.15) is 0 Å². The van der Waals surface area contributed by atoms with Crippen LogP contribution in [0.1, 0.15) is 26.5 Å². The highest BCUT2D eigenvalue weighted by Crippen LogP contribution is 2.34. The minimum Gasteiger partial charge on any atom is -0.465 e. The lowest BCUT2D eigenvalue weighted by atomic mass is 10.0. The van der Waals surface area contributed by atoms with Crippen LogP contribution < -0.4 is 4.90 Å². The van der Waals surface area contributed by atoms with Gasteiger partial charge in [-0.25, -0.2) is 14.8 Å². The van der Waals surface area contributed by atoms with E-state index in [0.717, 1.165) is 46.4 Å². The number of benzene rings is 1. The van der Waals surface area contributed by atoms with Crippen molar-refractivity contribution in [2.75, 3.05) is 18.6 Å². The minimum absolute atomic E-state index is 0.314. The molecule has 4 heterocycles. The van der Waals surface area contributed by atoms with E-state index >= 15 is 0 Å². The predicted octanol–water partition coefficient (Wildman–Crippen LogP) is 3.83. The summed E-state index contributed by atoms with van der Waals surface area (Å²) in [7, 11) is 1.41. The van der Waals surface area contributed by atoms with Crippen molar-refractivity contribution >= 4 is 44.2 Å². The maximum absolute atomic E-state index is 11.9. The van der Waals surface area contributed by atoms with Crippen molar-refractivity contribution in [3.8, 4) is 0 Å². The molecule has 0 atom stereocenters. The third kappa shape index (κ3) is 2.57. The van der Waals surface area contributed by atoms with E-state index in [-0.39, 0.29) is 5.97 Å². The normalized spacial score (nSPS) is 13.9. The average Bonchev–Trinajstić information content (AvgIpc) is 3.25. The molecule has 1 aliphatic heterocycles. The molecule has 0 saturated heterocycles. The maximum Gasteiger partial charge on any atom is 0.337 e. The molecule has 0 radical (unpaired) electrons. The van der Waals surface area contributed by atoms with Gasteiger partial charge in [0.15, 0.2) is 0 Å². The Hall–Kier alpha value is -2.93. The summed E-state index contributed by atoms with van der Waals surface area (Å²) in [4.78, 5) is 29.0. The van der Waals surface area contributed by atoms with Crippen LogP contribution in [0.3, 0.4) is 0 Å². The van der Waals surface area contributed by atoms with Gasteiger partial charge in [-0.1, -0.05) is 0 Å². The summed E-state index contributed by atoms with van der Waals surface area (Å²) in [6.45, 7) is 3.74. The minimum atomic E-state index is -0.314. The van der Waals surface area contributed by atoms with Gasteiger partial charge in [0.25, 0.3) is 0 Å². The summed E-state index contributed by atoms with van der Waals surface area (Å²) >= 11 is 1.69. The molecule has 3 aromatic heterocycles. The van der Waals surface area contributed by atoms with Gasteiger partial charge in [0, 0.05) is 46.5 Å². The van der Waals surface area contributed by atoms with Crippen LogP contribution >= 0.6 is 11.3 Å². The lowest BCUT2D eigenvalue weighted by molar-refractivity contribution is 0.0601.